The number of benzene rings is 4. The normalized spacial score (nSPS) is 12.7. The average molecular weight is 599 g/mol. The van der Waals surface area contributed by atoms with Gasteiger partial charge in [-0.15, -0.1) is 0 Å². The highest BCUT2D eigenvalue weighted by molar-refractivity contribution is 7.55. The van der Waals surface area contributed by atoms with Gasteiger partial charge in [0.15, 0.2) is 0 Å². The molecule has 4 aromatic rings. The zero-order chi connectivity index (χ0) is 32.5. The lowest BCUT2D eigenvalue weighted by molar-refractivity contribution is 0.499. The van der Waals surface area contributed by atoms with Crippen molar-refractivity contribution in [1.29, 1.82) is 0 Å². The van der Waals surface area contributed by atoms with Gasteiger partial charge in [-0.1, -0.05) is 168 Å². The van der Waals surface area contributed by atoms with Crippen LogP contribution in [0.15, 0.2) is 109 Å². The predicted octanol–water partition coefficient (Wildman–Crippen LogP) is 11.3. The van der Waals surface area contributed by atoms with E-state index in [1.807, 2.05) is 60.7 Å². The standard InChI is InChI=1S/2C14H22.C12H11O2P/c2*1-13(2,3)11-9-7-8-10-12(11)14(4,5)6;13-15(12-9-5-2-6-10-12)14-11-7-3-1-4-8-11/h2*7-10H,1-6H3;1-10,13H. The Morgan fingerprint density at radius 1 is 0.395 bits per heavy atom. The molecule has 0 aliphatic carbocycles. The van der Waals surface area contributed by atoms with Gasteiger partial charge in [-0.05, 0) is 68.2 Å². The van der Waals surface area contributed by atoms with Crippen LogP contribution in [0.5, 0.6) is 5.75 Å². The van der Waals surface area contributed by atoms with E-state index < -0.39 is 8.38 Å². The minimum atomic E-state index is -1.55. The summed E-state index contributed by atoms with van der Waals surface area (Å²) in [6, 6.07) is 36.3. The largest absolute Gasteiger partial charge is 0.444 e. The summed E-state index contributed by atoms with van der Waals surface area (Å²) in [6.07, 6.45) is 0. The molecule has 1 N–H and O–H groups in total. The minimum absolute atomic E-state index is 0.240. The molecule has 0 saturated heterocycles. The highest BCUT2D eigenvalue weighted by Gasteiger charge is 2.25. The van der Waals surface area contributed by atoms with Crippen LogP contribution in [-0.4, -0.2) is 4.89 Å². The van der Waals surface area contributed by atoms with Crippen molar-refractivity contribution in [1.82, 2.24) is 0 Å². The van der Waals surface area contributed by atoms with E-state index in [9.17, 15) is 4.89 Å². The van der Waals surface area contributed by atoms with Gasteiger partial charge in [0.25, 0.3) is 8.38 Å². The molecule has 4 rings (SSSR count). The first-order valence-electron chi connectivity index (χ1n) is 15.3. The maximum Gasteiger partial charge on any atom is 0.262 e. The molecule has 0 amide bonds. The fourth-order valence-corrected chi connectivity index (χ4v) is 5.63. The number of hydrogen-bond acceptors (Lipinski definition) is 2. The lowest BCUT2D eigenvalue weighted by Crippen LogP contribution is -2.21. The lowest BCUT2D eigenvalue weighted by atomic mass is 9.75. The molecule has 0 fully saturated rings. The molecule has 0 aromatic heterocycles. The Morgan fingerprint density at radius 3 is 0.930 bits per heavy atom. The summed E-state index contributed by atoms with van der Waals surface area (Å²) in [5.74, 6) is 0.690. The monoisotopic (exact) mass is 598 g/mol. The smallest absolute Gasteiger partial charge is 0.262 e. The van der Waals surface area contributed by atoms with E-state index in [0.29, 0.717) is 5.75 Å². The summed E-state index contributed by atoms with van der Waals surface area (Å²) in [4.78, 5) is 9.82. The molecule has 0 aliphatic rings. The van der Waals surface area contributed by atoms with Gasteiger partial charge in [0.05, 0.1) is 0 Å². The Hall–Kier alpha value is -2.93. The van der Waals surface area contributed by atoms with E-state index in [1.54, 1.807) is 0 Å². The zero-order valence-electron chi connectivity index (χ0n) is 28.7. The van der Waals surface area contributed by atoms with Crippen molar-refractivity contribution in [2.75, 3.05) is 0 Å². The third-order valence-electron chi connectivity index (χ3n) is 7.00. The number of para-hydroxylation sites is 1. The van der Waals surface area contributed by atoms with Crippen LogP contribution in [-0.2, 0) is 21.7 Å². The van der Waals surface area contributed by atoms with Gasteiger partial charge in [0.2, 0.25) is 0 Å². The molecule has 0 spiro atoms. The maximum atomic E-state index is 9.82. The quantitative estimate of drug-likeness (QED) is 0.238. The van der Waals surface area contributed by atoms with Crippen LogP contribution >= 0.6 is 8.38 Å². The zero-order valence-corrected chi connectivity index (χ0v) is 29.6. The van der Waals surface area contributed by atoms with Crippen LogP contribution < -0.4 is 9.83 Å². The third-order valence-corrected chi connectivity index (χ3v) is 8.12. The summed E-state index contributed by atoms with van der Waals surface area (Å²) in [5.41, 5.74) is 6.82. The lowest BCUT2D eigenvalue weighted by Gasteiger charge is -2.29. The summed E-state index contributed by atoms with van der Waals surface area (Å²) in [7, 11) is -1.55. The first kappa shape index (κ1) is 36.3. The second-order valence-electron chi connectivity index (χ2n) is 15.1. The molecule has 3 heteroatoms. The average Bonchev–Trinajstić information content (AvgIpc) is 2.93. The molecule has 43 heavy (non-hydrogen) atoms. The fourth-order valence-electron chi connectivity index (χ4n) is 4.77. The molecule has 1 atom stereocenters. The molecule has 232 valence electrons. The van der Waals surface area contributed by atoms with E-state index in [-0.39, 0.29) is 21.7 Å². The van der Waals surface area contributed by atoms with Crippen molar-refractivity contribution in [3.63, 3.8) is 0 Å². The molecular weight excluding hydrogens is 543 g/mol. The molecular formula is C40H55O2P. The van der Waals surface area contributed by atoms with Gasteiger partial charge < -0.3 is 9.42 Å². The van der Waals surface area contributed by atoms with E-state index in [1.165, 1.54) is 22.3 Å². The van der Waals surface area contributed by atoms with E-state index >= 15 is 0 Å². The fraction of sp³-hybridized carbons (Fsp3) is 0.400. The molecule has 0 aliphatic heterocycles. The molecule has 4 aromatic carbocycles. The summed E-state index contributed by atoms with van der Waals surface area (Å²) < 4.78 is 5.42. The maximum absolute atomic E-state index is 9.82. The summed E-state index contributed by atoms with van der Waals surface area (Å²) >= 11 is 0. The first-order valence-corrected chi connectivity index (χ1v) is 16.5. The van der Waals surface area contributed by atoms with Crippen molar-refractivity contribution >= 4 is 13.7 Å². The SMILES string of the molecule is CC(C)(C)c1ccccc1C(C)(C)C.CC(C)(C)c1ccccc1C(C)(C)C.OP(Oc1ccccc1)c1ccccc1. The van der Waals surface area contributed by atoms with Gasteiger partial charge in [0.1, 0.15) is 5.75 Å². The third kappa shape index (κ3) is 11.9. The molecule has 0 saturated carbocycles. The number of hydrogen-bond donors (Lipinski definition) is 1. The van der Waals surface area contributed by atoms with Crippen molar-refractivity contribution in [3.05, 3.63) is 131 Å². The molecule has 0 radical (unpaired) electrons. The second-order valence-corrected chi connectivity index (χ2v) is 16.3. The van der Waals surface area contributed by atoms with Gasteiger partial charge in [-0.25, -0.2) is 0 Å². The van der Waals surface area contributed by atoms with Gasteiger partial charge in [-0.2, -0.15) is 0 Å². The van der Waals surface area contributed by atoms with Crippen LogP contribution in [0.1, 0.15) is 105 Å². The molecule has 0 bridgehead atoms. The summed E-state index contributed by atoms with van der Waals surface area (Å²) in [5, 5.41) is 0.816. The van der Waals surface area contributed by atoms with Gasteiger partial charge in [-0.3, -0.25) is 0 Å². The summed E-state index contributed by atoms with van der Waals surface area (Å²) in [6.45, 7) is 27.3. The van der Waals surface area contributed by atoms with Crippen LogP contribution in [0.2, 0.25) is 0 Å². The Morgan fingerprint density at radius 2 is 0.651 bits per heavy atom. The van der Waals surface area contributed by atoms with Crippen LogP contribution in [0, 0.1) is 0 Å². The molecule has 2 nitrogen and oxygen atoms in total. The predicted molar refractivity (Wildman–Crippen MR) is 190 cm³/mol. The van der Waals surface area contributed by atoms with E-state index in [4.69, 9.17) is 4.52 Å². The highest BCUT2D eigenvalue weighted by atomic mass is 31.2. The second kappa shape index (κ2) is 15.2. The van der Waals surface area contributed by atoms with E-state index in [0.717, 1.165) is 5.30 Å². The van der Waals surface area contributed by atoms with Gasteiger partial charge in [0, 0.05) is 5.30 Å². The Labute approximate surface area is 264 Å². The van der Waals surface area contributed by atoms with Crippen LogP contribution in [0.3, 0.4) is 0 Å². The van der Waals surface area contributed by atoms with Crippen molar-refractivity contribution in [3.8, 4) is 5.75 Å². The Bertz CT molecular complexity index is 1230. The van der Waals surface area contributed by atoms with Crippen molar-refractivity contribution < 1.29 is 9.42 Å². The van der Waals surface area contributed by atoms with Crippen LogP contribution in [0.25, 0.3) is 0 Å². The minimum Gasteiger partial charge on any atom is -0.444 e. The first-order chi connectivity index (χ1) is 19.8. The number of rotatable bonds is 3. The highest BCUT2D eigenvalue weighted by Crippen LogP contribution is 2.35. The Kier molecular flexibility index (Phi) is 12.8. The molecule has 1 unspecified atom stereocenters. The van der Waals surface area contributed by atoms with Crippen molar-refractivity contribution in [2.45, 2.75) is 105 Å². The van der Waals surface area contributed by atoms with Crippen molar-refractivity contribution in [2.24, 2.45) is 0 Å². The Balaban J connectivity index is 0.000000225. The van der Waals surface area contributed by atoms with E-state index in [2.05, 4.69) is 132 Å². The molecule has 0 heterocycles. The van der Waals surface area contributed by atoms with Crippen LogP contribution in [0.4, 0.5) is 0 Å². The van der Waals surface area contributed by atoms with Gasteiger partial charge >= 0.3 is 0 Å². The topological polar surface area (TPSA) is 29.5 Å².